The molecule has 0 saturated carbocycles. The van der Waals surface area contributed by atoms with Gasteiger partial charge in [0.05, 0.1) is 11.2 Å². The van der Waals surface area contributed by atoms with Gasteiger partial charge in [-0.2, -0.15) is 0 Å². The maximum absolute atomic E-state index is 13.3. The number of carbonyl (C=O) groups is 1. The van der Waals surface area contributed by atoms with Gasteiger partial charge in [0.15, 0.2) is 5.41 Å². The summed E-state index contributed by atoms with van der Waals surface area (Å²) < 4.78 is 25.9. The van der Waals surface area contributed by atoms with Crippen LogP contribution in [-0.2, 0) is 25.4 Å². The molecular weight excluding hydrogens is 518 g/mol. The minimum Gasteiger partial charge on any atom is -0.384 e. The number of nitrogens with zero attached hydrogens (tertiary/aromatic N) is 3. The van der Waals surface area contributed by atoms with Crippen LogP contribution in [0.4, 0.5) is 0 Å². The summed E-state index contributed by atoms with van der Waals surface area (Å²) in [7, 11) is -3.97. The molecule has 0 fully saturated rings. The maximum atomic E-state index is 13.3. The number of nitrogens with one attached hydrogen (secondary N) is 1. The fourth-order valence-corrected chi connectivity index (χ4v) is 5.74. The summed E-state index contributed by atoms with van der Waals surface area (Å²) >= 11 is 0. The Morgan fingerprint density at radius 1 is 1.00 bits per heavy atom. The fourth-order valence-electron chi connectivity index (χ4n) is 4.98. The minimum atomic E-state index is -3.97. The number of primary amides is 1. The van der Waals surface area contributed by atoms with E-state index in [2.05, 4.69) is 10.1 Å². The molecule has 0 bridgehead atoms. The highest BCUT2D eigenvalue weighted by Gasteiger charge is 2.65. The van der Waals surface area contributed by atoms with E-state index in [1.165, 1.54) is 18.6 Å². The number of primary sulfonamides is 1. The van der Waals surface area contributed by atoms with Crippen molar-refractivity contribution in [2.75, 3.05) is 0 Å². The first-order valence-corrected chi connectivity index (χ1v) is 13.3. The lowest BCUT2D eigenvalue weighted by atomic mass is 9.69. The molecular formula is C27H25N7O4S. The first-order chi connectivity index (χ1) is 18.5. The van der Waals surface area contributed by atoms with Gasteiger partial charge in [0.25, 0.3) is 5.72 Å². The second kappa shape index (κ2) is 9.19. The van der Waals surface area contributed by atoms with Crippen LogP contribution in [0.1, 0.15) is 23.6 Å². The molecule has 3 aromatic carbocycles. The number of benzene rings is 3. The van der Waals surface area contributed by atoms with Crippen LogP contribution in [0.15, 0.2) is 102 Å². The van der Waals surface area contributed by atoms with Gasteiger partial charge in [-0.05, 0) is 24.6 Å². The van der Waals surface area contributed by atoms with Crippen LogP contribution in [-0.4, -0.2) is 35.4 Å². The Kier molecular flexibility index (Phi) is 6.08. The molecule has 0 aliphatic carbocycles. The van der Waals surface area contributed by atoms with Crippen molar-refractivity contribution in [1.29, 1.82) is 5.41 Å². The van der Waals surface area contributed by atoms with Gasteiger partial charge in [0.2, 0.25) is 15.9 Å². The zero-order valence-electron chi connectivity index (χ0n) is 20.8. The molecule has 39 heavy (non-hydrogen) atoms. The van der Waals surface area contributed by atoms with E-state index in [1.807, 2.05) is 0 Å². The molecule has 0 radical (unpaired) electrons. The molecule has 1 aromatic heterocycles. The number of nitrogens with two attached hydrogens (primary N) is 3. The number of nitrogen functional groups attached to an aromatic ring is 1. The number of oxime groups is 1. The molecule has 2 atom stereocenters. The first-order valence-electron chi connectivity index (χ1n) is 11.7. The summed E-state index contributed by atoms with van der Waals surface area (Å²) in [6.45, 7) is 1.63. The second-order valence-electron chi connectivity index (χ2n) is 9.25. The van der Waals surface area contributed by atoms with Crippen molar-refractivity contribution >= 4 is 27.5 Å². The van der Waals surface area contributed by atoms with Crippen molar-refractivity contribution < 1.29 is 18.0 Å². The molecule has 5 rings (SSSR count). The lowest BCUT2D eigenvalue weighted by Gasteiger charge is -2.40. The van der Waals surface area contributed by atoms with E-state index in [9.17, 15) is 13.2 Å². The van der Waals surface area contributed by atoms with Gasteiger partial charge in [-0.3, -0.25) is 14.8 Å². The molecule has 1 aliphatic rings. The molecule has 1 aliphatic heterocycles. The Bertz CT molecular complexity index is 1730. The van der Waals surface area contributed by atoms with Gasteiger partial charge in [0, 0.05) is 34.6 Å². The third-order valence-corrected chi connectivity index (χ3v) is 7.98. The average molecular weight is 544 g/mol. The van der Waals surface area contributed by atoms with E-state index in [0.29, 0.717) is 27.8 Å². The highest BCUT2D eigenvalue weighted by Crippen LogP contribution is 2.51. The van der Waals surface area contributed by atoms with Crippen LogP contribution in [0.25, 0.3) is 11.1 Å². The van der Waals surface area contributed by atoms with Crippen molar-refractivity contribution in [1.82, 2.24) is 9.55 Å². The number of carbonyl (C=O) groups excluding carboxylic acids is 1. The summed E-state index contributed by atoms with van der Waals surface area (Å²) in [4.78, 5) is 23.6. The number of sulfonamides is 1. The van der Waals surface area contributed by atoms with Crippen molar-refractivity contribution in [3.05, 3.63) is 108 Å². The number of imidazole rings is 1. The van der Waals surface area contributed by atoms with Crippen molar-refractivity contribution in [2.45, 2.75) is 17.5 Å². The summed E-state index contributed by atoms with van der Waals surface area (Å²) in [6.07, 6.45) is 4.67. The Balaban J connectivity index is 1.69. The molecule has 11 nitrogen and oxygen atoms in total. The van der Waals surface area contributed by atoms with Gasteiger partial charge < -0.3 is 16.3 Å². The van der Waals surface area contributed by atoms with Crippen LogP contribution >= 0.6 is 0 Å². The van der Waals surface area contributed by atoms with Crippen LogP contribution < -0.4 is 16.6 Å². The normalized spacial score (nSPS) is 20.7. The van der Waals surface area contributed by atoms with Gasteiger partial charge in [-0.25, -0.2) is 18.5 Å². The van der Waals surface area contributed by atoms with E-state index in [4.69, 9.17) is 26.9 Å². The smallest absolute Gasteiger partial charge is 0.260 e. The first kappa shape index (κ1) is 25.8. The molecule has 2 unspecified atom stereocenters. The molecule has 0 saturated heterocycles. The highest BCUT2D eigenvalue weighted by molar-refractivity contribution is 7.89. The summed E-state index contributed by atoms with van der Waals surface area (Å²) in [6, 6.07) is 20.0. The third-order valence-electron chi connectivity index (χ3n) is 7.01. The average Bonchev–Trinajstić information content (AvgIpc) is 3.56. The zero-order valence-corrected chi connectivity index (χ0v) is 21.6. The van der Waals surface area contributed by atoms with E-state index in [-0.39, 0.29) is 16.4 Å². The fraction of sp³-hybridized carbons (Fsp3) is 0.111. The molecule has 4 aromatic rings. The predicted octanol–water partition coefficient (Wildman–Crippen LogP) is 2.11. The Morgan fingerprint density at radius 3 is 2.33 bits per heavy atom. The summed E-state index contributed by atoms with van der Waals surface area (Å²) in [5.41, 5.74) is 11.3. The Morgan fingerprint density at radius 2 is 1.72 bits per heavy atom. The topological polar surface area (TPSA) is 193 Å². The van der Waals surface area contributed by atoms with Gasteiger partial charge in [-0.15, -0.1) is 0 Å². The van der Waals surface area contributed by atoms with Gasteiger partial charge >= 0.3 is 0 Å². The van der Waals surface area contributed by atoms with E-state index in [1.54, 1.807) is 84.4 Å². The number of hydrogen-bond acceptors (Lipinski definition) is 7. The largest absolute Gasteiger partial charge is 0.384 e. The molecule has 2 heterocycles. The Hall–Kier alpha value is -4.81. The summed E-state index contributed by atoms with van der Waals surface area (Å²) in [5, 5.41) is 17.6. The molecule has 0 spiro atoms. The molecule has 7 N–H and O–H groups in total. The molecule has 1 amide bonds. The number of hydrogen-bond donors (Lipinski definition) is 4. The quantitative estimate of drug-likeness (QED) is 0.204. The van der Waals surface area contributed by atoms with E-state index in [0.717, 1.165) is 0 Å². The van der Waals surface area contributed by atoms with Gasteiger partial charge in [0.1, 0.15) is 11.5 Å². The number of rotatable bonds is 7. The van der Waals surface area contributed by atoms with Crippen LogP contribution in [0, 0.1) is 10.8 Å². The van der Waals surface area contributed by atoms with Crippen molar-refractivity contribution in [3.63, 3.8) is 0 Å². The minimum absolute atomic E-state index is 0.0165. The number of amidine groups is 1. The van der Waals surface area contributed by atoms with Crippen LogP contribution in [0.2, 0.25) is 0 Å². The van der Waals surface area contributed by atoms with E-state index < -0.39 is 27.1 Å². The van der Waals surface area contributed by atoms with Gasteiger partial charge in [-0.1, -0.05) is 65.8 Å². The predicted molar refractivity (Wildman–Crippen MR) is 145 cm³/mol. The Labute approximate surface area is 224 Å². The van der Waals surface area contributed by atoms with Crippen molar-refractivity contribution in [3.8, 4) is 11.1 Å². The second-order valence-corrected chi connectivity index (χ2v) is 10.8. The van der Waals surface area contributed by atoms with Crippen molar-refractivity contribution in [2.24, 2.45) is 27.2 Å². The van der Waals surface area contributed by atoms with Crippen LogP contribution in [0.5, 0.6) is 0 Å². The zero-order chi connectivity index (χ0) is 28.0. The lowest BCUT2D eigenvalue weighted by Crippen LogP contribution is -2.57. The standard InChI is InChI=1S/C27H25N7O4S/c1-26(25(30)35)23(18-5-4-6-19(15-18)24(28)29)33-38-27(26,34-14-13-32-16-34)20-11-9-17(10-12-20)21-7-2-3-8-22(21)39(31,36)37/h2-16H,1H3,(H3,28,29)(H2,30,35)(H2,31,36,37). The molecule has 12 heteroatoms. The molecule has 198 valence electrons. The lowest BCUT2D eigenvalue weighted by molar-refractivity contribution is -0.147. The third kappa shape index (κ3) is 3.97. The summed E-state index contributed by atoms with van der Waals surface area (Å²) in [5.74, 6) is -0.863. The number of aromatic nitrogens is 2. The monoisotopic (exact) mass is 543 g/mol. The maximum Gasteiger partial charge on any atom is 0.260 e. The van der Waals surface area contributed by atoms with E-state index >= 15 is 0 Å². The highest BCUT2D eigenvalue weighted by atomic mass is 32.2. The SMILES string of the molecule is CC1(C(N)=O)C(c2cccc(C(=N)N)c2)=NOC1(c1ccc(-c2ccccc2S(N)(=O)=O)cc1)n1ccnc1. The number of amides is 1. The van der Waals surface area contributed by atoms with Crippen LogP contribution in [0.3, 0.4) is 0 Å².